The number of hydrogen-bond donors (Lipinski definition) is 3. The summed E-state index contributed by atoms with van der Waals surface area (Å²) < 4.78 is 5.12. The van der Waals surface area contributed by atoms with E-state index in [0.717, 1.165) is 5.56 Å². The lowest BCUT2D eigenvalue weighted by Gasteiger charge is -2.33. The van der Waals surface area contributed by atoms with Crippen LogP contribution in [0.4, 0.5) is 5.69 Å². The van der Waals surface area contributed by atoms with Crippen molar-refractivity contribution in [2.75, 3.05) is 24.6 Å². The molecule has 2 unspecified atom stereocenters. The van der Waals surface area contributed by atoms with Crippen molar-refractivity contribution in [2.24, 2.45) is 0 Å². The molecule has 1 aromatic carbocycles. The largest absolute Gasteiger partial charge is 0.478 e. The molecule has 2 atom stereocenters. The number of anilines is 1. The quantitative estimate of drug-likeness (QED) is 0.721. The van der Waals surface area contributed by atoms with E-state index in [9.17, 15) is 20.1 Å². The molecule has 0 spiro atoms. The zero-order valence-electron chi connectivity index (χ0n) is 12.5. The van der Waals surface area contributed by atoms with E-state index in [1.54, 1.807) is 13.0 Å². The third kappa shape index (κ3) is 2.82. The smallest absolute Gasteiger partial charge is 0.338 e. The Labute approximate surface area is 128 Å². The van der Waals surface area contributed by atoms with Crippen LogP contribution < -0.4 is 4.90 Å². The van der Waals surface area contributed by atoms with Crippen LogP contribution in [0.15, 0.2) is 12.1 Å². The van der Waals surface area contributed by atoms with Crippen LogP contribution in [0.25, 0.3) is 0 Å². The number of hydrogen-bond acceptors (Lipinski definition) is 5. The Bertz CT molecular complexity index is 576. The SMILES string of the molecule is Cc1ccc(N2CCC(O)CC2)c(C(=O)O)c1C(O)C1CO1. The number of nitrogens with zero attached hydrogens (tertiary/aromatic N) is 1. The standard InChI is InChI=1S/C16H21NO5/c1-9-2-3-11(17-6-4-10(18)5-7-17)14(16(20)21)13(9)15(19)12-8-22-12/h2-3,10,12,15,18-19H,4-8H2,1H3,(H,20,21). The minimum Gasteiger partial charge on any atom is -0.478 e. The lowest BCUT2D eigenvalue weighted by molar-refractivity contribution is 0.0685. The number of aliphatic hydroxyl groups excluding tert-OH is 2. The molecule has 120 valence electrons. The first kappa shape index (κ1) is 15.3. The molecule has 0 aromatic heterocycles. The Morgan fingerprint density at radius 2 is 2.00 bits per heavy atom. The highest BCUT2D eigenvalue weighted by Gasteiger charge is 2.37. The average Bonchev–Trinajstić information content (AvgIpc) is 3.31. The number of carboxylic acids is 1. The molecule has 2 fully saturated rings. The van der Waals surface area contributed by atoms with Crippen molar-refractivity contribution in [3.63, 3.8) is 0 Å². The molecule has 2 aliphatic heterocycles. The lowest BCUT2D eigenvalue weighted by atomic mass is 9.92. The van der Waals surface area contributed by atoms with Crippen molar-refractivity contribution in [1.82, 2.24) is 0 Å². The van der Waals surface area contributed by atoms with Crippen LogP contribution in [-0.4, -0.2) is 53.2 Å². The summed E-state index contributed by atoms with van der Waals surface area (Å²) in [4.78, 5) is 13.8. The second-order valence-corrected chi connectivity index (χ2v) is 6.03. The van der Waals surface area contributed by atoms with Gasteiger partial charge in [-0.1, -0.05) is 6.07 Å². The minimum absolute atomic E-state index is 0.152. The molecule has 2 saturated heterocycles. The van der Waals surface area contributed by atoms with Crippen molar-refractivity contribution in [1.29, 1.82) is 0 Å². The van der Waals surface area contributed by atoms with Gasteiger partial charge in [0, 0.05) is 18.7 Å². The molecule has 3 N–H and O–H groups in total. The number of carbonyl (C=O) groups is 1. The van der Waals surface area contributed by atoms with Gasteiger partial charge in [0.05, 0.1) is 24.0 Å². The third-order valence-corrected chi connectivity index (χ3v) is 4.47. The summed E-state index contributed by atoms with van der Waals surface area (Å²) in [6, 6.07) is 3.63. The number of carboxylic acid groups (broad SMARTS) is 1. The third-order valence-electron chi connectivity index (χ3n) is 4.47. The summed E-state index contributed by atoms with van der Waals surface area (Å²) in [5, 5.41) is 29.7. The summed E-state index contributed by atoms with van der Waals surface area (Å²) in [5.74, 6) is -1.04. The molecule has 6 nitrogen and oxygen atoms in total. The summed E-state index contributed by atoms with van der Waals surface area (Å²) in [5.41, 5.74) is 1.96. The molecule has 3 rings (SSSR count). The van der Waals surface area contributed by atoms with E-state index < -0.39 is 12.1 Å². The van der Waals surface area contributed by atoms with E-state index in [-0.39, 0.29) is 17.8 Å². The molecule has 0 amide bonds. The molecule has 0 aliphatic carbocycles. The molecular weight excluding hydrogens is 286 g/mol. The number of epoxide rings is 1. The number of aryl methyl sites for hydroxylation is 1. The first-order chi connectivity index (χ1) is 10.5. The molecule has 0 bridgehead atoms. The number of rotatable bonds is 4. The van der Waals surface area contributed by atoms with E-state index in [0.29, 0.717) is 43.8 Å². The highest BCUT2D eigenvalue weighted by molar-refractivity contribution is 5.97. The van der Waals surface area contributed by atoms with E-state index in [4.69, 9.17) is 4.74 Å². The zero-order valence-corrected chi connectivity index (χ0v) is 12.5. The van der Waals surface area contributed by atoms with Crippen LogP contribution in [-0.2, 0) is 4.74 Å². The van der Waals surface area contributed by atoms with Gasteiger partial charge in [0.1, 0.15) is 12.2 Å². The first-order valence-corrected chi connectivity index (χ1v) is 7.58. The monoisotopic (exact) mass is 307 g/mol. The van der Waals surface area contributed by atoms with Gasteiger partial charge in [-0.25, -0.2) is 4.79 Å². The summed E-state index contributed by atoms with van der Waals surface area (Å²) in [7, 11) is 0. The second-order valence-electron chi connectivity index (χ2n) is 6.03. The number of aliphatic hydroxyl groups is 2. The molecule has 0 radical (unpaired) electrons. The fourth-order valence-corrected chi connectivity index (χ4v) is 3.11. The van der Waals surface area contributed by atoms with Crippen LogP contribution in [0.1, 0.15) is 40.4 Å². The van der Waals surface area contributed by atoms with Gasteiger partial charge < -0.3 is 25.0 Å². The zero-order chi connectivity index (χ0) is 15.9. The van der Waals surface area contributed by atoms with Gasteiger partial charge in [-0.15, -0.1) is 0 Å². The summed E-state index contributed by atoms with van der Waals surface area (Å²) >= 11 is 0. The van der Waals surface area contributed by atoms with E-state index in [1.807, 2.05) is 11.0 Å². The molecule has 2 aliphatic rings. The van der Waals surface area contributed by atoms with Crippen LogP contribution >= 0.6 is 0 Å². The van der Waals surface area contributed by atoms with Crippen LogP contribution in [0.5, 0.6) is 0 Å². The molecule has 22 heavy (non-hydrogen) atoms. The summed E-state index contributed by atoms with van der Waals surface area (Å²) in [6.07, 6.45) is -0.302. The highest BCUT2D eigenvalue weighted by Crippen LogP contribution is 2.37. The Morgan fingerprint density at radius 1 is 1.36 bits per heavy atom. The Morgan fingerprint density at radius 3 is 2.55 bits per heavy atom. The van der Waals surface area contributed by atoms with Gasteiger partial charge in [0.15, 0.2) is 0 Å². The normalized spacial score (nSPS) is 23.4. The number of benzene rings is 1. The van der Waals surface area contributed by atoms with Gasteiger partial charge in [0.25, 0.3) is 0 Å². The Balaban J connectivity index is 2.02. The molecule has 0 saturated carbocycles. The van der Waals surface area contributed by atoms with Crippen molar-refractivity contribution < 1.29 is 24.9 Å². The average molecular weight is 307 g/mol. The van der Waals surface area contributed by atoms with Crippen molar-refractivity contribution in [3.05, 3.63) is 28.8 Å². The van der Waals surface area contributed by atoms with Gasteiger partial charge in [-0.05, 0) is 31.4 Å². The maximum atomic E-state index is 11.8. The molecule has 2 heterocycles. The Kier molecular flexibility index (Phi) is 4.08. The minimum atomic E-state index is -1.04. The van der Waals surface area contributed by atoms with Crippen LogP contribution in [0.2, 0.25) is 0 Å². The second kappa shape index (κ2) is 5.87. The van der Waals surface area contributed by atoms with Gasteiger partial charge >= 0.3 is 5.97 Å². The molecule has 6 heteroatoms. The predicted octanol–water partition coefficient (Wildman–Crippen LogP) is 1.09. The molecular formula is C16H21NO5. The predicted molar refractivity (Wildman–Crippen MR) is 80.3 cm³/mol. The van der Waals surface area contributed by atoms with E-state index >= 15 is 0 Å². The summed E-state index contributed by atoms with van der Waals surface area (Å²) in [6.45, 7) is 3.48. The maximum absolute atomic E-state index is 11.8. The van der Waals surface area contributed by atoms with Gasteiger partial charge in [0.2, 0.25) is 0 Å². The van der Waals surface area contributed by atoms with E-state index in [2.05, 4.69) is 0 Å². The highest BCUT2D eigenvalue weighted by atomic mass is 16.6. The van der Waals surface area contributed by atoms with E-state index in [1.165, 1.54) is 0 Å². The van der Waals surface area contributed by atoms with Crippen molar-refractivity contribution in [2.45, 2.75) is 38.1 Å². The van der Waals surface area contributed by atoms with Gasteiger partial charge in [-0.2, -0.15) is 0 Å². The van der Waals surface area contributed by atoms with Gasteiger partial charge in [-0.3, -0.25) is 0 Å². The van der Waals surface area contributed by atoms with Crippen LogP contribution in [0.3, 0.4) is 0 Å². The van der Waals surface area contributed by atoms with Crippen molar-refractivity contribution >= 4 is 11.7 Å². The number of ether oxygens (including phenoxy) is 1. The number of aromatic carboxylic acids is 1. The fraction of sp³-hybridized carbons (Fsp3) is 0.562. The van der Waals surface area contributed by atoms with Crippen LogP contribution in [0, 0.1) is 6.92 Å². The topological polar surface area (TPSA) is 93.5 Å². The molecule has 1 aromatic rings. The maximum Gasteiger partial charge on any atom is 0.338 e. The fourth-order valence-electron chi connectivity index (χ4n) is 3.11. The lowest BCUT2D eigenvalue weighted by Crippen LogP contribution is -2.37. The Hall–Kier alpha value is -1.63. The first-order valence-electron chi connectivity index (χ1n) is 7.58. The van der Waals surface area contributed by atoms with Crippen molar-refractivity contribution in [3.8, 4) is 0 Å². The number of piperidine rings is 1.